The van der Waals surface area contributed by atoms with Crippen LogP contribution in [0.15, 0.2) is 34.7 Å². The third-order valence-corrected chi connectivity index (χ3v) is 4.23. The lowest BCUT2D eigenvalue weighted by atomic mass is 10.1. The van der Waals surface area contributed by atoms with Crippen LogP contribution in [0, 0.1) is 11.3 Å². The topological polar surface area (TPSA) is 25.2 Å². The van der Waals surface area contributed by atoms with Gasteiger partial charge in [-0.25, -0.2) is 0 Å². The molecule has 0 radical (unpaired) electrons. The van der Waals surface area contributed by atoms with Gasteiger partial charge in [-0.05, 0) is 37.1 Å². The van der Waals surface area contributed by atoms with Crippen LogP contribution in [-0.4, -0.2) is 13.6 Å². The fourth-order valence-electron chi connectivity index (χ4n) is 3.07. The Kier molecular flexibility index (Phi) is 2.30. The van der Waals surface area contributed by atoms with Crippen molar-refractivity contribution in [2.75, 3.05) is 13.6 Å². The first-order valence-electron chi connectivity index (χ1n) is 6.27. The fourth-order valence-corrected chi connectivity index (χ4v) is 3.07. The summed E-state index contributed by atoms with van der Waals surface area (Å²) in [5.41, 5.74) is 1.37. The smallest absolute Gasteiger partial charge is 0.134 e. The predicted octanol–water partition coefficient (Wildman–Crippen LogP) is 3.39. The normalized spacial score (nSPS) is 26.3. The van der Waals surface area contributed by atoms with E-state index >= 15 is 0 Å². The molecule has 0 amide bonds. The highest BCUT2D eigenvalue weighted by molar-refractivity contribution is 5.78. The number of hydrogen-bond acceptors (Lipinski definition) is 2. The molecule has 3 rings (SSSR count). The monoisotopic (exact) mass is 229 g/mol. The zero-order chi connectivity index (χ0) is 12.0. The molecular weight excluding hydrogens is 210 g/mol. The summed E-state index contributed by atoms with van der Waals surface area (Å²) in [7, 11) is 2.02. The molecule has 0 spiro atoms. The molecule has 2 nitrogen and oxygen atoms in total. The van der Waals surface area contributed by atoms with Gasteiger partial charge in [-0.2, -0.15) is 0 Å². The summed E-state index contributed by atoms with van der Waals surface area (Å²) >= 11 is 0. The lowest BCUT2D eigenvalue weighted by molar-refractivity contribution is 0.506. The van der Waals surface area contributed by atoms with Gasteiger partial charge >= 0.3 is 0 Å². The number of nitrogens with one attached hydrogen (secondary N) is 1. The second-order valence-electron chi connectivity index (χ2n) is 5.65. The van der Waals surface area contributed by atoms with Gasteiger partial charge < -0.3 is 9.73 Å². The molecule has 17 heavy (non-hydrogen) atoms. The average molecular weight is 229 g/mol. The summed E-state index contributed by atoms with van der Waals surface area (Å²) in [5, 5.41) is 4.49. The zero-order valence-corrected chi connectivity index (χ0v) is 10.7. The van der Waals surface area contributed by atoms with Crippen molar-refractivity contribution in [2.24, 2.45) is 11.3 Å². The molecule has 1 heterocycles. The highest BCUT2D eigenvalue weighted by Crippen LogP contribution is 2.64. The Morgan fingerprint density at radius 1 is 1.29 bits per heavy atom. The number of rotatable bonds is 3. The standard InChI is InChI=1S/C15H19NO/c1-15(2)11(9-16-3)14(15)13-8-10-6-4-5-7-12(10)17-13/h4-8,11,14,16H,9H2,1-3H3. The summed E-state index contributed by atoms with van der Waals surface area (Å²) in [4.78, 5) is 0. The SMILES string of the molecule is CNCC1C(c2cc3ccccc3o2)C1(C)C. The van der Waals surface area contributed by atoms with Crippen molar-refractivity contribution in [1.29, 1.82) is 0 Å². The second kappa shape index (κ2) is 3.61. The van der Waals surface area contributed by atoms with E-state index in [-0.39, 0.29) is 0 Å². The Bertz CT molecular complexity index is 508. The van der Waals surface area contributed by atoms with E-state index < -0.39 is 0 Å². The largest absolute Gasteiger partial charge is 0.461 e. The lowest BCUT2D eigenvalue weighted by Gasteiger charge is -1.99. The first kappa shape index (κ1) is 10.8. The third kappa shape index (κ3) is 1.59. The van der Waals surface area contributed by atoms with E-state index in [9.17, 15) is 0 Å². The molecule has 1 aliphatic rings. The van der Waals surface area contributed by atoms with Crippen molar-refractivity contribution >= 4 is 11.0 Å². The van der Waals surface area contributed by atoms with Crippen LogP contribution in [0.1, 0.15) is 25.5 Å². The van der Waals surface area contributed by atoms with Crippen LogP contribution in [0.3, 0.4) is 0 Å². The van der Waals surface area contributed by atoms with Gasteiger partial charge in [0.05, 0.1) is 0 Å². The van der Waals surface area contributed by atoms with Crippen molar-refractivity contribution in [2.45, 2.75) is 19.8 Å². The van der Waals surface area contributed by atoms with Gasteiger partial charge in [-0.1, -0.05) is 32.0 Å². The molecule has 0 saturated heterocycles. The summed E-state index contributed by atoms with van der Waals surface area (Å²) < 4.78 is 5.98. The van der Waals surface area contributed by atoms with E-state index in [1.165, 1.54) is 5.39 Å². The Hall–Kier alpha value is -1.28. The number of para-hydroxylation sites is 1. The highest BCUT2D eigenvalue weighted by atomic mass is 16.3. The summed E-state index contributed by atoms with van der Waals surface area (Å²) in [6, 6.07) is 10.5. The van der Waals surface area contributed by atoms with Crippen molar-refractivity contribution < 1.29 is 4.42 Å². The molecule has 90 valence electrons. The minimum Gasteiger partial charge on any atom is -0.461 e. The molecule has 1 N–H and O–H groups in total. The molecule has 2 aromatic rings. The fraction of sp³-hybridized carbons (Fsp3) is 0.467. The van der Waals surface area contributed by atoms with E-state index in [0.717, 1.165) is 17.9 Å². The van der Waals surface area contributed by atoms with Crippen LogP contribution in [0.25, 0.3) is 11.0 Å². The van der Waals surface area contributed by atoms with E-state index in [0.29, 0.717) is 17.3 Å². The van der Waals surface area contributed by atoms with Crippen LogP contribution in [0.2, 0.25) is 0 Å². The van der Waals surface area contributed by atoms with Crippen molar-refractivity contribution in [3.63, 3.8) is 0 Å². The van der Waals surface area contributed by atoms with Gasteiger partial charge in [-0.3, -0.25) is 0 Å². The minimum absolute atomic E-state index is 0.358. The van der Waals surface area contributed by atoms with Gasteiger partial charge in [0.25, 0.3) is 0 Å². The van der Waals surface area contributed by atoms with Gasteiger partial charge in [0.1, 0.15) is 11.3 Å². The Balaban J connectivity index is 1.95. The number of hydrogen-bond donors (Lipinski definition) is 1. The maximum Gasteiger partial charge on any atom is 0.134 e. The summed E-state index contributed by atoms with van der Waals surface area (Å²) in [5.74, 6) is 2.40. The number of furan rings is 1. The molecule has 1 fully saturated rings. The van der Waals surface area contributed by atoms with E-state index in [1.807, 2.05) is 19.2 Å². The van der Waals surface area contributed by atoms with Gasteiger partial charge in [-0.15, -0.1) is 0 Å². The molecule has 0 aliphatic heterocycles. The summed E-state index contributed by atoms with van der Waals surface area (Å²) in [6.45, 7) is 5.72. The van der Waals surface area contributed by atoms with Gasteiger partial charge in [0.15, 0.2) is 0 Å². The van der Waals surface area contributed by atoms with Gasteiger partial charge in [0.2, 0.25) is 0 Å². The maximum atomic E-state index is 5.98. The average Bonchev–Trinajstić information content (AvgIpc) is 2.70. The molecule has 1 aromatic carbocycles. The third-order valence-electron chi connectivity index (χ3n) is 4.23. The molecule has 1 saturated carbocycles. The Labute approximate surface area is 102 Å². The van der Waals surface area contributed by atoms with Crippen molar-refractivity contribution in [3.8, 4) is 0 Å². The van der Waals surface area contributed by atoms with E-state index in [2.05, 4.69) is 37.4 Å². The second-order valence-corrected chi connectivity index (χ2v) is 5.65. The predicted molar refractivity (Wildman–Crippen MR) is 70.2 cm³/mol. The van der Waals surface area contributed by atoms with Crippen LogP contribution in [-0.2, 0) is 0 Å². The first-order chi connectivity index (χ1) is 8.14. The minimum atomic E-state index is 0.358. The van der Waals surface area contributed by atoms with Crippen molar-refractivity contribution in [3.05, 3.63) is 36.1 Å². The van der Waals surface area contributed by atoms with Gasteiger partial charge in [0, 0.05) is 11.3 Å². The number of fused-ring (bicyclic) bond motifs is 1. The van der Waals surface area contributed by atoms with Crippen LogP contribution >= 0.6 is 0 Å². The van der Waals surface area contributed by atoms with Crippen LogP contribution in [0.5, 0.6) is 0 Å². The Morgan fingerprint density at radius 2 is 2.06 bits per heavy atom. The molecule has 2 unspecified atom stereocenters. The molecule has 2 heteroatoms. The number of benzene rings is 1. The molecule has 0 bridgehead atoms. The summed E-state index contributed by atoms with van der Waals surface area (Å²) in [6.07, 6.45) is 0. The molecular formula is C15H19NO. The quantitative estimate of drug-likeness (QED) is 0.872. The maximum absolute atomic E-state index is 5.98. The molecule has 1 aromatic heterocycles. The van der Waals surface area contributed by atoms with Crippen LogP contribution < -0.4 is 5.32 Å². The highest BCUT2D eigenvalue weighted by Gasteiger charge is 2.59. The zero-order valence-electron chi connectivity index (χ0n) is 10.7. The lowest BCUT2D eigenvalue weighted by Crippen LogP contribution is -2.12. The van der Waals surface area contributed by atoms with E-state index in [1.54, 1.807) is 0 Å². The van der Waals surface area contributed by atoms with Crippen molar-refractivity contribution in [1.82, 2.24) is 5.32 Å². The molecule has 1 aliphatic carbocycles. The van der Waals surface area contributed by atoms with E-state index in [4.69, 9.17) is 4.42 Å². The first-order valence-corrected chi connectivity index (χ1v) is 6.27. The Morgan fingerprint density at radius 3 is 2.76 bits per heavy atom. The van der Waals surface area contributed by atoms with Crippen LogP contribution in [0.4, 0.5) is 0 Å². The molecule has 2 atom stereocenters.